The van der Waals surface area contributed by atoms with Crippen LogP contribution in [-0.4, -0.2) is 51.7 Å². The number of hydrogen-bond donors (Lipinski definition) is 0. The van der Waals surface area contributed by atoms with Crippen LogP contribution in [0.3, 0.4) is 0 Å². The maximum atomic E-state index is 12.7. The molecule has 2 aromatic rings. The van der Waals surface area contributed by atoms with Gasteiger partial charge < -0.3 is 4.90 Å². The normalized spacial score (nSPS) is 16.9. The first-order valence-electron chi connectivity index (χ1n) is 8.41. The van der Waals surface area contributed by atoms with Gasteiger partial charge in [0.05, 0.1) is 15.7 Å². The summed E-state index contributed by atoms with van der Waals surface area (Å²) in [5, 5.41) is 5.50. The van der Waals surface area contributed by atoms with Crippen molar-refractivity contribution in [1.82, 2.24) is 19.6 Å². The summed E-state index contributed by atoms with van der Waals surface area (Å²) in [5.74, 6) is 0.122. The number of rotatable bonds is 4. The van der Waals surface area contributed by atoms with Crippen LogP contribution in [0.1, 0.15) is 24.2 Å². The van der Waals surface area contributed by atoms with Gasteiger partial charge >= 0.3 is 0 Å². The zero-order chi connectivity index (χ0) is 18.0. The van der Waals surface area contributed by atoms with Crippen molar-refractivity contribution >= 4 is 29.1 Å². The number of carbonyl (C=O) groups excluding carboxylic acids is 1. The van der Waals surface area contributed by atoms with Crippen LogP contribution in [0.25, 0.3) is 0 Å². The summed E-state index contributed by atoms with van der Waals surface area (Å²) in [6.45, 7) is 7.78. The largest absolute Gasteiger partial charge is 0.338 e. The molecule has 1 aliphatic heterocycles. The minimum absolute atomic E-state index is 0.122. The van der Waals surface area contributed by atoms with Crippen molar-refractivity contribution in [2.24, 2.45) is 0 Å². The van der Waals surface area contributed by atoms with E-state index in [1.165, 1.54) is 0 Å². The third kappa shape index (κ3) is 4.35. The van der Waals surface area contributed by atoms with Crippen molar-refractivity contribution in [3.63, 3.8) is 0 Å². The van der Waals surface area contributed by atoms with E-state index < -0.39 is 0 Å². The highest BCUT2D eigenvalue weighted by molar-refractivity contribution is 6.42. The molecule has 0 radical (unpaired) electrons. The molecule has 1 aromatic carbocycles. The van der Waals surface area contributed by atoms with Gasteiger partial charge in [-0.15, -0.1) is 0 Å². The van der Waals surface area contributed by atoms with Gasteiger partial charge in [-0.05, 0) is 37.6 Å². The van der Waals surface area contributed by atoms with Gasteiger partial charge in [0.15, 0.2) is 0 Å². The minimum atomic E-state index is -0.268. The molecule has 0 spiro atoms. The lowest BCUT2D eigenvalue weighted by molar-refractivity contribution is -0.136. The Morgan fingerprint density at radius 1 is 1.16 bits per heavy atom. The smallest absolute Gasteiger partial charge is 0.247 e. The van der Waals surface area contributed by atoms with Crippen LogP contribution in [0.2, 0.25) is 10.0 Å². The molecule has 1 amide bonds. The number of amides is 1. The molecule has 0 aliphatic carbocycles. The average molecular weight is 381 g/mol. The number of halogens is 2. The average Bonchev–Trinajstić information content (AvgIpc) is 3.04. The molecule has 1 unspecified atom stereocenters. The molecule has 134 valence electrons. The van der Waals surface area contributed by atoms with E-state index in [-0.39, 0.29) is 11.9 Å². The van der Waals surface area contributed by atoms with Crippen molar-refractivity contribution in [3.05, 3.63) is 51.8 Å². The summed E-state index contributed by atoms with van der Waals surface area (Å²) >= 11 is 12.0. The van der Waals surface area contributed by atoms with Gasteiger partial charge in [0, 0.05) is 38.9 Å². The highest BCUT2D eigenvalue weighted by atomic mass is 35.5. The summed E-state index contributed by atoms with van der Waals surface area (Å²) in [4.78, 5) is 16.9. The third-order valence-corrected chi connectivity index (χ3v) is 5.31. The summed E-state index contributed by atoms with van der Waals surface area (Å²) in [6, 6.07) is 7.37. The first-order valence-corrected chi connectivity index (χ1v) is 9.16. The standard InChI is InChI=1S/C18H22Cl2N4O/c1-13-5-6-24(21-13)14(2)18(25)23-9-7-22(8-10-23)12-15-3-4-16(19)17(20)11-15/h3-6,11,14H,7-10,12H2,1-2H3. The fraction of sp³-hybridized carbons (Fsp3) is 0.444. The lowest BCUT2D eigenvalue weighted by atomic mass is 10.2. The maximum Gasteiger partial charge on any atom is 0.247 e. The fourth-order valence-electron chi connectivity index (χ4n) is 3.05. The van der Waals surface area contributed by atoms with Crippen molar-refractivity contribution in [2.75, 3.05) is 26.2 Å². The SMILES string of the molecule is Cc1ccn(C(C)C(=O)N2CCN(Cc3ccc(Cl)c(Cl)c3)CC2)n1. The Balaban J connectivity index is 1.54. The summed E-state index contributed by atoms with van der Waals surface area (Å²) in [6.07, 6.45) is 1.86. The zero-order valence-corrected chi connectivity index (χ0v) is 16.0. The molecule has 2 heterocycles. The Morgan fingerprint density at radius 3 is 2.48 bits per heavy atom. The molecular weight excluding hydrogens is 359 g/mol. The Kier molecular flexibility index (Phi) is 5.67. The third-order valence-electron chi connectivity index (χ3n) is 4.57. The number of aromatic nitrogens is 2. The molecule has 1 aromatic heterocycles. The van der Waals surface area contributed by atoms with Gasteiger partial charge in [-0.2, -0.15) is 5.10 Å². The maximum absolute atomic E-state index is 12.7. The topological polar surface area (TPSA) is 41.4 Å². The number of aryl methyl sites for hydroxylation is 1. The first-order chi connectivity index (χ1) is 11.9. The zero-order valence-electron chi connectivity index (χ0n) is 14.5. The molecule has 1 saturated heterocycles. The van der Waals surface area contributed by atoms with Gasteiger partial charge in [0.1, 0.15) is 6.04 Å². The van der Waals surface area contributed by atoms with Gasteiger partial charge in [0.2, 0.25) is 5.91 Å². The van der Waals surface area contributed by atoms with Crippen molar-refractivity contribution in [1.29, 1.82) is 0 Å². The van der Waals surface area contributed by atoms with Gasteiger partial charge in [-0.3, -0.25) is 14.4 Å². The lowest BCUT2D eigenvalue weighted by Gasteiger charge is -2.36. The van der Waals surface area contributed by atoms with E-state index in [0.717, 1.165) is 44.0 Å². The molecule has 0 N–H and O–H groups in total. The quantitative estimate of drug-likeness (QED) is 0.815. The van der Waals surface area contributed by atoms with Gasteiger partial charge in [-0.25, -0.2) is 0 Å². The minimum Gasteiger partial charge on any atom is -0.338 e. The van der Waals surface area contributed by atoms with Crippen molar-refractivity contribution in [3.8, 4) is 0 Å². The molecule has 0 bridgehead atoms. The number of hydrogen-bond acceptors (Lipinski definition) is 3. The van der Waals surface area contributed by atoms with E-state index in [1.807, 2.05) is 49.2 Å². The van der Waals surface area contributed by atoms with Crippen molar-refractivity contribution < 1.29 is 4.79 Å². The van der Waals surface area contributed by atoms with Crippen LogP contribution in [0.4, 0.5) is 0 Å². The van der Waals surface area contributed by atoms with E-state index in [2.05, 4.69) is 10.00 Å². The molecule has 0 saturated carbocycles. The summed E-state index contributed by atoms with van der Waals surface area (Å²) in [5.41, 5.74) is 2.06. The lowest BCUT2D eigenvalue weighted by Crippen LogP contribution is -2.49. The molecule has 1 atom stereocenters. The Hall–Kier alpha value is -1.56. The van der Waals surface area contributed by atoms with Crippen LogP contribution in [0.5, 0.6) is 0 Å². The van der Waals surface area contributed by atoms with Crippen LogP contribution in [-0.2, 0) is 11.3 Å². The summed E-state index contributed by atoms with van der Waals surface area (Å²) in [7, 11) is 0. The van der Waals surface area contributed by atoms with Crippen LogP contribution in [0.15, 0.2) is 30.5 Å². The number of carbonyl (C=O) groups is 1. The first kappa shape index (κ1) is 18.2. The Morgan fingerprint density at radius 2 is 1.88 bits per heavy atom. The predicted octanol–water partition coefficient (Wildman–Crippen LogP) is 3.40. The van der Waals surface area contributed by atoms with E-state index in [0.29, 0.717) is 10.0 Å². The fourth-order valence-corrected chi connectivity index (χ4v) is 3.37. The monoisotopic (exact) mass is 380 g/mol. The van der Waals surface area contributed by atoms with Crippen LogP contribution in [0, 0.1) is 6.92 Å². The molecule has 1 aliphatic rings. The Bertz CT molecular complexity index is 753. The van der Waals surface area contributed by atoms with Gasteiger partial charge in [-0.1, -0.05) is 29.3 Å². The van der Waals surface area contributed by atoms with E-state index in [1.54, 1.807) is 4.68 Å². The van der Waals surface area contributed by atoms with E-state index in [9.17, 15) is 4.79 Å². The molecule has 5 nitrogen and oxygen atoms in total. The number of benzene rings is 1. The van der Waals surface area contributed by atoms with Gasteiger partial charge in [0.25, 0.3) is 0 Å². The molecule has 7 heteroatoms. The second-order valence-electron chi connectivity index (χ2n) is 6.46. The summed E-state index contributed by atoms with van der Waals surface area (Å²) < 4.78 is 1.74. The molecule has 1 fully saturated rings. The van der Waals surface area contributed by atoms with Crippen LogP contribution < -0.4 is 0 Å². The number of nitrogens with zero attached hydrogens (tertiary/aromatic N) is 4. The van der Waals surface area contributed by atoms with Crippen LogP contribution >= 0.6 is 23.2 Å². The Labute approximate surface area is 158 Å². The van der Waals surface area contributed by atoms with E-state index >= 15 is 0 Å². The molecule has 25 heavy (non-hydrogen) atoms. The van der Waals surface area contributed by atoms with E-state index in [4.69, 9.17) is 23.2 Å². The second kappa shape index (κ2) is 7.77. The predicted molar refractivity (Wildman–Crippen MR) is 100.0 cm³/mol. The van der Waals surface area contributed by atoms with Crippen molar-refractivity contribution in [2.45, 2.75) is 26.4 Å². The highest BCUT2D eigenvalue weighted by Gasteiger charge is 2.26. The second-order valence-corrected chi connectivity index (χ2v) is 7.28. The molecular formula is C18H22Cl2N4O. The highest BCUT2D eigenvalue weighted by Crippen LogP contribution is 2.23. The number of piperazine rings is 1. The molecule has 3 rings (SSSR count).